The Labute approximate surface area is 119 Å². The van der Waals surface area contributed by atoms with Gasteiger partial charge in [0.2, 0.25) is 0 Å². The van der Waals surface area contributed by atoms with Crippen LogP contribution in [0.15, 0.2) is 18.2 Å². The molecule has 6 heteroatoms. The van der Waals surface area contributed by atoms with Crippen LogP contribution in [0.4, 0.5) is 0 Å². The SMILES string of the molecule is CCOC(=O)C[C@@H](N)c1cccc(OCC)c1O.Cl. The zero-order valence-corrected chi connectivity index (χ0v) is 11.9. The van der Waals surface area contributed by atoms with Gasteiger partial charge in [-0.15, -0.1) is 12.4 Å². The summed E-state index contributed by atoms with van der Waals surface area (Å²) in [5.74, 6) is -0.0309. The van der Waals surface area contributed by atoms with E-state index in [0.29, 0.717) is 24.5 Å². The fraction of sp³-hybridized carbons (Fsp3) is 0.462. The Morgan fingerprint density at radius 1 is 1.37 bits per heavy atom. The third-order valence-corrected chi connectivity index (χ3v) is 2.42. The minimum absolute atomic E-state index is 0. The van der Waals surface area contributed by atoms with Crippen molar-refractivity contribution in [2.45, 2.75) is 26.3 Å². The maximum atomic E-state index is 11.3. The molecule has 0 amide bonds. The topological polar surface area (TPSA) is 81.8 Å². The molecular weight excluding hydrogens is 270 g/mol. The summed E-state index contributed by atoms with van der Waals surface area (Å²) >= 11 is 0. The van der Waals surface area contributed by atoms with Gasteiger partial charge in [0.15, 0.2) is 11.5 Å². The Hall–Kier alpha value is -1.46. The highest BCUT2D eigenvalue weighted by atomic mass is 35.5. The van der Waals surface area contributed by atoms with Crippen LogP contribution in [-0.2, 0) is 9.53 Å². The van der Waals surface area contributed by atoms with Crippen molar-refractivity contribution in [2.75, 3.05) is 13.2 Å². The van der Waals surface area contributed by atoms with Crippen LogP contribution in [0.25, 0.3) is 0 Å². The molecule has 1 aromatic rings. The number of para-hydroxylation sites is 1. The second-order valence-electron chi connectivity index (χ2n) is 3.74. The van der Waals surface area contributed by atoms with Gasteiger partial charge in [0.1, 0.15) is 0 Å². The first-order chi connectivity index (χ1) is 8.60. The number of rotatable bonds is 6. The Kier molecular flexibility index (Phi) is 7.95. The van der Waals surface area contributed by atoms with Gasteiger partial charge in [0.05, 0.1) is 19.6 Å². The highest BCUT2D eigenvalue weighted by Crippen LogP contribution is 2.33. The molecule has 0 saturated carbocycles. The molecule has 5 nitrogen and oxygen atoms in total. The number of nitrogens with two attached hydrogens (primary N) is 1. The second kappa shape index (κ2) is 8.61. The molecule has 0 heterocycles. The fourth-order valence-electron chi connectivity index (χ4n) is 1.62. The van der Waals surface area contributed by atoms with Crippen LogP contribution in [0.5, 0.6) is 11.5 Å². The van der Waals surface area contributed by atoms with E-state index in [0.717, 1.165) is 0 Å². The molecule has 1 atom stereocenters. The van der Waals surface area contributed by atoms with Gasteiger partial charge in [0, 0.05) is 11.6 Å². The van der Waals surface area contributed by atoms with Crippen molar-refractivity contribution in [2.24, 2.45) is 5.73 Å². The third-order valence-electron chi connectivity index (χ3n) is 2.42. The van der Waals surface area contributed by atoms with Gasteiger partial charge in [-0.2, -0.15) is 0 Å². The van der Waals surface area contributed by atoms with Crippen molar-refractivity contribution in [3.8, 4) is 11.5 Å². The summed E-state index contributed by atoms with van der Waals surface area (Å²) in [6.45, 7) is 4.32. The molecule has 0 aliphatic rings. The Morgan fingerprint density at radius 2 is 2.05 bits per heavy atom. The molecule has 0 aliphatic carbocycles. The van der Waals surface area contributed by atoms with Crippen LogP contribution in [0.1, 0.15) is 31.9 Å². The maximum Gasteiger partial charge on any atom is 0.307 e. The van der Waals surface area contributed by atoms with Crippen molar-refractivity contribution in [3.05, 3.63) is 23.8 Å². The zero-order valence-electron chi connectivity index (χ0n) is 11.1. The van der Waals surface area contributed by atoms with E-state index in [1.165, 1.54) is 0 Å². The minimum Gasteiger partial charge on any atom is -0.504 e. The molecule has 1 aromatic carbocycles. The maximum absolute atomic E-state index is 11.3. The molecule has 19 heavy (non-hydrogen) atoms. The van der Waals surface area contributed by atoms with E-state index >= 15 is 0 Å². The Balaban J connectivity index is 0.00000324. The largest absolute Gasteiger partial charge is 0.504 e. The monoisotopic (exact) mass is 289 g/mol. The number of hydrogen-bond donors (Lipinski definition) is 2. The molecule has 0 aromatic heterocycles. The summed E-state index contributed by atoms with van der Waals surface area (Å²) in [5, 5.41) is 9.98. The molecule has 1 rings (SSSR count). The van der Waals surface area contributed by atoms with Gasteiger partial charge >= 0.3 is 5.97 Å². The number of phenols is 1. The Bertz CT molecular complexity index is 412. The van der Waals surface area contributed by atoms with E-state index in [1.54, 1.807) is 25.1 Å². The molecule has 0 saturated heterocycles. The van der Waals surface area contributed by atoms with Crippen LogP contribution in [0.3, 0.4) is 0 Å². The van der Waals surface area contributed by atoms with Crippen LogP contribution in [-0.4, -0.2) is 24.3 Å². The van der Waals surface area contributed by atoms with Gasteiger partial charge in [0.25, 0.3) is 0 Å². The lowest BCUT2D eigenvalue weighted by Crippen LogP contribution is -2.17. The standard InChI is InChI=1S/C13H19NO4.ClH/c1-3-17-11-7-5-6-9(13(11)16)10(14)8-12(15)18-4-2;/h5-7,10,16H,3-4,8,14H2,1-2H3;1H/t10-;/m1./s1. The van der Waals surface area contributed by atoms with Crippen LogP contribution >= 0.6 is 12.4 Å². The molecule has 0 spiro atoms. The molecular formula is C13H20ClNO4. The quantitative estimate of drug-likeness (QED) is 0.784. The van der Waals surface area contributed by atoms with E-state index < -0.39 is 6.04 Å². The Morgan fingerprint density at radius 3 is 2.63 bits per heavy atom. The molecule has 0 aliphatic heterocycles. The molecule has 0 unspecified atom stereocenters. The second-order valence-corrected chi connectivity index (χ2v) is 3.74. The lowest BCUT2D eigenvalue weighted by atomic mass is 10.0. The number of ether oxygens (including phenoxy) is 2. The van der Waals surface area contributed by atoms with Crippen molar-refractivity contribution in [1.82, 2.24) is 0 Å². The van der Waals surface area contributed by atoms with Crippen LogP contribution in [0, 0.1) is 0 Å². The lowest BCUT2D eigenvalue weighted by Gasteiger charge is -2.15. The van der Waals surface area contributed by atoms with Crippen LogP contribution < -0.4 is 10.5 Å². The van der Waals surface area contributed by atoms with Gasteiger partial charge < -0.3 is 20.3 Å². The molecule has 0 bridgehead atoms. The molecule has 0 fully saturated rings. The number of halogens is 1. The van der Waals surface area contributed by atoms with E-state index in [4.69, 9.17) is 15.2 Å². The summed E-state index contributed by atoms with van der Waals surface area (Å²) in [6, 6.07) is 4.44. The van der Waals surface area contributed by atoms with Crippen molar-refractivity contribution in [1.29, 1.82) is 0 Å². The van der Waals surface area contributed by atoms with E-state index in [-0.39, 0.29) is 30.5 Å². The first-order valence-electron chi connectivity index (χ1n) is 5.96. The van der Waals surface area contributed by atoms with E-state index in [2.05, 4.69) is 0 Å². The average Bonchev–Trinajstić information content (AvgIpc) is 2.32. The first-order valence-corrected chi connectivity index (χ1v) is 5.96. The fourth-order valence-corrected chi connectivity index (χ4v) is 1.62. The van der Waals surface area contributed by atoms with Gasteiger partial charge in [-0.1, -0.05) is 12.1 Å². The summed E-state index contributed by atoms with van der Waals surface area (Å²) in [6.07, 6.45) is 0.0248. The summed E-state index contributed by atoms with van der Waals surface area (Å²) in [4.78, 5) is 11.3. The summed E-state index contributed by atoms with van der Waals surface area (Å²) < 4.78 is 10.1. The predicted molar refractivity (Wildman–Crippen MR) is 74.7 cm³/mol. The number of esters is 1. The highest BCUT2D eigenvalue weighted by molar-refractivity contribution is 5.85. The highest BCUT2D eigenvalue weighted by Gasteiger charge is 2.18. The van der Waals surface area contributed by atoms with Gasteiger partial charge in [-0.3, -0.25) is 4.79 Å². The molecule has 108 valence electrons. The first kappa shape index (κ1) is 17.5. The predicted octanol–water partition coefficient (Wildman–Crippen LogP) is 2.17. The van der Waals surface area contributed by atoms with Gasteiger partial charge in [-0.25, -0.2) is 0 Å². The van der Waals surface area contributed by atoms with Crippen molar-refractivity contribution >= 4 is 18.4 Å². The summed E-state index contributed by atoms with van der Waals surface area (Å²) in [5.41, 5.74) is 6.36. The van der Waals surface area contributed by atoms with Crippen molar-refractivity contribution in [3.63, 3.8) is 0 Å². The molecule has 3 N–H and O–H groups in total. The van der Waals surface area contributed by atoms with Gasteiger partial charge in [-0.05, 0) is 19.9 Å². The average molecular weight is 290 g/mol. The number of carbonyl (C=O) groups excluding carboxylic acids is 1. The normalized spacial score (nSPS) is 11.3. The number of hydrogen-bond acceptors (Lipinski definition) is 5. The van der Waals surface area contributed by atoms with E-state index in [1.807, 2.05) is 6.92 Å². The van der Waals surface area contributed by atoms with Crippen molar-refractivity contribution < 1.29 is 19.4 Å². The smallest absolute Gasteiger partial charge is 0.307 e. The summed E-state index contributed by atoms with van der Waals surface area (Å²) in [7, 11) is 0. The number of benzene rings is 1. The number of aromatic hydroxyl groups is 1. The number of carbonyl (C=O) groups is 1. The number of phenolic OH excluding ortho intramolecular Hbond substituents is 1. The lowest BCUT2D eigenvalue weighted by molar-refractivity contribution is -0.143. The van der Waals surface area contributed by atoms with Crippen LogP contribution in [0.2, 0.25) is 0 Å². The van der Waals surface area contributed by atoms with E-state index in [9.17, 15) is 9.90 Å². The molecule has 0 radical (unpaired) electrons. The third kappa shape index (κ3) is 4.96. The minimum atomic E-state index is -0.607. The zero-order chi connectivity index (χ0) is 13.5.